The second-order valence-electron chi connectivity index (χ2n) is 8.31. The van der Waals surface area contributed by atoms with Gasteiger partial charge in [0.25, 0.3) is 0 Å². The molecule has 2 heterocycles. The van der Waals surface area contributed by atoms with E-state index in [2.05, 4.69) is 60.2 Å². The van der Waals surface area contributed by atoms with Gasteiger partial charge in [0.15, 0.2) is 0 Å². The zero-order chi connectivity index (χ0) is 20.7. The molecule has 2 aliphatic rings. The Balaban J connectivity index is 1.90. The number of para-hydroxylation sites is 1. The number of piperidine rings is 1. The summed E-state index contributed by atoms with van der Waals surface area (Å²) in [7, 11) is 3.71. The number of hydrogen-bond acceptors (Lipinski definition) is 5. The zero-order valence-corrected chi connectivity index (χ0v) is 19.7. The molecule has 1 aliphatic heterocycles. The summed E-state index contributed by atoms with van der Waals surface area (Å²) in [6, 6.07) is 8.92. The van der Waals surface area contributed by atoms with E-state index in [0.29, 0.717) is 22.5 Å². The van der Waals surface area contributed by atoms with E-state index in [0.717, 1.165) is 25.9 Å². The number of hydrogen-bond donors (Lipinski definition) is 0. The second kappa shape index (κ2) is 8.56. The molecule has 1 aliphatic carbocycles. The minimum Gasteiger partial charge on any atom is -0.469 e. The van der Waals surface area contributed by atoms with Gasteiger partial charge in [0.1, 0.15) is 0 Å². The highest BCUT2D eigenvalue weighted by molar-refractivity contribution is 8.16. The topological polar surface area (TPSA) is 34.5 Å². The van der Waals surface area contributed by atoms with Crippen molar-refractivity contribution in [3.8, 4) is 0 Å². The summed E-state index contributed by atoms with van der Waals surface area (Å²) in [5.41, 5.74) is 3.77. The molecule has 0 N–H and O–H groups in total. The number of carbonyl (C=O) groups is 1. The fourth-order valence-corrected chi connectivity index (χ4v) is 7.18. The Morgan fingerprint density at radius 1 is 1.28 bits per heavy atom. The van der Waals surface area contributed by atoms with E-state index in [1.807, 2.05) is 23.5 Å². The van der Waals surface area contributed by atoms with Crippen LogP contribution in [0.1, 0.15) is 43.0 Å². The number of likely N-dealkylation sites (tertiary alicyclic amines) is 1. The number of methoxy groups -OCH3 is 1. The Hall–Kier alpha value is -1.11. The molecule has 158 valence electrons. The van der Waals surface area contributed by atoms with E-state index >= 15 is 0 Å². The van der Waals surface area contributed by atoms with Crippen LogP contribution in [0.25, 0.3) is 10.9 Å². The maximum absolute atomic E-state index is 13.0. The smallest absolute Gasteiger partial charge is 0.313 e. The van der Waals surface area contributed by atoms with Crippen LogP contribution in [0.2, 0.25) is 0 Å². The summed E-state index contributed by atoms with van der Waals surface area (Å²) in [6.45, 7) is 4.43. The van der Waals surface area contributed by atoms with Crippen LogP contribution in [0, 0.1) is 11.8 Å². The van der Waals surface area contributed by atoms with Crippen LogP contribution < -0.4 is 0 Å². The molecule has 1 fully saturated rings. The molecule has 4 nitrogen and oxygen atoms in total. The SMILES string of the molecule is CC[C@H]1CN(CC(SC)SC)[C@@H]2C[C@H]1[C@@H](C(=O)OC)c1c2n(C)c2ccccc12. The maximum Gasteiger partial charge on any atom is 0.313 e. The van der Waals surface area contributed by atoms with Crippen LogP contribution in [0.15, 0.2) is 24.3 Å². The number of benzene rings is 1. The van der Waals surface area contributed by atoms with Crippen molar-refractivity contribution in [3.05, 3.63) is 35.5 Å². The molecule has 2 aromatic rings. The molecule has 0 unspecified atom stereocenters. The third kappa shape index (κ3) is 3.41. The van der Waals surface area contributed by atoms with E-state index in [9.17, 15) is 4.79 Å². The molecule has 0 radical (unpaired) electrons. The van der Waals surface area contributed by atoms with Crippen molar-refractivity contribution in [1.29, 1.82) is 0 Å². The summed E-state index contributed by atoms with van der Waals surface area (Å²) in [4.78, 5) is 15.7. The Labute approximate surface area is 182 Å². The highest BCUT2D eigenvalue weighted by atomic mass is 32.2. The average Bonchev–Trinajstić information content (AvgIpc) is 3.05. The quantitative estimate of drug-likeness (QED) is 0.480. The van der Waals surface area contributed by atoms with Crippen LogP contribution in [0.3, 0.4) is 0 Å². The van der Waals surface area contributed by atoms with Crippen LogP contribution in [0.5, 0.6) is 0 Å². The first-order valence-corrected chi connectivity index (χ1v) is 13.1. The van der Waals surface area contributed by atoms with Crippen LogP contribution in [-0.4, -0.2) is 52.7 Å². The molecule has 0 amide bonds. The Kier molecular flexibility index (Phi) is 6.24. The molecule has 4 atom stereocenters. The third-order valence-corrected chi connectivity index (χ3v) is 9.65. The first-order chi connectivity index (χ1) is 14.0. The van der Waals surface area contributed by atoms with Gasteiger partial charge in [-0.2, -0.15) is 0 Å². The van der Waals surface area contributed by atoms with Gasteiger partial charge < -0.3 is 9.30 Å². The van der Waals surface area contributed by atoms with E-state index in [4.69, 9.17) is 4.74 Å². The van der Waals surface area contributed by atoms with E-state index in [1.165, 1.54) is 29.3 Å². The highest BCUT2D eigenvalue weighted by Crippen LogP contribution is 2.54. The number of aromatic nitrogens is 1. The van der Waals surface area contributed by atoms with Gasteiger partial charge in [-0.05, 0) is 42.4 Å². The van der Waals surface area contributed by atoms with Gasteiger partial charge in [-0.3, -0.25) is 9.69 Å². The number of nitrogens with zero attached hydrogens (tertiary/aromatic N) is 2. The van der Waals surface area contributed by atoms with Gasteiger partial charge in [0, 0.05) is 36.7 Å². The predicted octanol–water partition coefficient (Wildman–Crippen LogP) is 4.89. The molecular formula is C23H32N2O2S2. The Morgan fingerprint density at radius 2 is 2.00 bits per heavy atom. The maximum atomic E-state index is 13.0. The lowest BCUT2D eigenvalue weighted by Crippen LogP contribution is -2.50. The van der Waals surface area contributed by atoms with Gasteiger partial charge in [0.2, 0.25) is 0 Å². The van der Waals surface area contributed by atoms with Crippen molar-refractivity contribution < 1.29 is 9.53 Å². The minimum absolute atomic E-state index is 0.0657. The van der Waals surface area contributed by atoms with Gasteiger partial charge in [-0.25, -0.2) is 0 Å². The summed E-state index contributed by atoms with van der Waals surface area (Å²) in [5.74, 6) is 0.659. The van der Waals surface area contributed by atoms with E-state index < -0.39 is 0 Å². The highest BCUT2D eigenvalue weighted by Gasteiger charge is 2.50. The fraction of sp³-hybridized carbons (Fsp3) is 0.609. The van der Waals surface area contributed by atoms with Gasteiger partial charge in [-0.1, -0.05) is 31.5 Å². The number of carbonyl (C=O) groups excluding carboxylic acids is 1. The number of aryl methyl sites for hydroxylation is 1. The number of ether oxygens (including phenoxy) is 1. The molecule has 1 aromatic heterocycles. The average molecular weight is 433 g/mol. The molecule has 0 saturated carbocycles. The van der Waals surface area contributed by atoms with Crippen molar-refractivity contribution in [2.45, 2.75) is 36.3 Å². The van der Waals surface area contributed by atoms with Crippen molar-refractivity contribution >= 4 is 40.4 Å². The second-order valence-corrected chi connectivity index (χ2v) is 10.7. The van der Waals surface area contributed by atoms with Crippen molar-refractivity contribution in [2.75, 3.05) is 32.7 Å². The summed E-state index contributed by atoms with van der Waals surface area (Å²) < 4.78 is 8.26. The Bertz CT molecular complexity index is 892. The Morgan fingerprint density at radius 3 is 2.66 bits per heavy atom. The summed E-state index contributed by atoms with van der Waals surface area (Å²) >= 11 is 3.89. The van der Waals surface area contributed by atoms with Crippen LogP contribution in [-0.2, 0) is 16.6 Å². The van der Waals surface area contributed by atoms with Crippen molar-refractivity contribution in [2.24, 2.45) is 18.9 Å². The first-order valence-electron chi connectivity index (χ1n) is 10.5. The largest absolute Gasteiger partial charge is 0.469 e. The molecule has 1 saturated heterocycles. The standard InChI is InChI=1S/C23H32N2O2S2/c1-6-14-12-25(13-19(28-4)29-5)18-11-16(14)21(23(26)27-3)20-15-9-7-8-10-17(15)24(2)22(18)20/h7-10,14,16,18-19,21H,6,11-13H2,1-5H3/t14-,16+,18+,21+/m0/s1. The number of rotatable bonds is 6. The summed E-state index contributed by atoms with van der Waals surface area (Å²) in [5, 5.41) is 1.22. The van der Waals surface area contributed by atoms with Gasteiger partial charge >= 0.3 is 5.97 Å². The number of esters is 1. The van der Waals surface area contributed by atoms with Gasteiger partial charge in [-0.15, -0.1) is 23.5 Å². The first kappa shape index (κ1) is 21.1. The molecular weight excluding hydrogens is 400 g/mol. The van der Waals surface area contributed by atoms with Crippen molar-refractivity contribution in [3.63, 3.8) is 0 Å². The van der Waals surface area contributed by atoms with Gasteiger partial charge in [0.05, 0.1) is 23.7 Å². The molecule has 2 bridgehead atoms. The third-order valence-electron chi connectivity index (χ3n) is 7.15. The summed E-state index contributed by atoms with van der Waals surface area (Å²) in [6.07, 6.45) is 6.57. The lowest BCUT2D eigenvalue weighted by Gasteiger charge is -2.50. The lowest BCUT2D eigenvalue weighted by molar-refractivity contribution is -0.146. The molecule has 0 spiro atoms. The van der Waals surface area contributed by atoms with Crippen molar-refractivity contribution in [1.82, 2.24) is 9.47 Å². The molecule has 29 heavy (non-hydrogen) atoms. The zero-order valence-electron chi connectivity index (χ0n) is 18.1. The predicted molar refractivity (Wildman–Crippen MR) is 125 cm³/mol. The number of fused-ring (bicyclic) bond motifs is 6. The number of thioether (sulfide) groups is 2. The van der Waals surface area contributed by atoms with E-state index in [1.54, 1.807) is 0 Å². The molecule has 1 aromatic carbocycles. The van der Waals surface area contributed by atoms with E-state index in [-0.39, 0.29) is 11.9 Å². The minimum atomic E-state index is -0.152. The normalized spacial score (nSPS) is 26.7. The van der Waals surface area contributed by atoms with Crippen LogP contribution >= 0.6 is 23.5 Å². The molecule has 4 rings (SSSR count). The lowest BCUT2D eigenvalue weighted by atomic mass is 9.65. The monoisotopic (exact) mass is 432 g/mol. The fourth-order valence-electron chi connectivity index (χ4n) is 5.73. The molecule has 6 heteroatoms. The van der Waals surface area contributed by atoms with Crippen LogP contribution in [0.4, 0.5) is 0 Å².